The highest BCUT2D eigenvalue weighted by Crippen LogP contribution is 2.31. The van der Waals surface area contributed by atoms with Gasteiger partial charge in [-0.15, -0.1) is 0 Å². The number of carbonyl (C=O) groups excluding carboxylic acids is 3. The van der Waals surface area contributed by atoms with Crippen LogP contribution < -0.4 is 10.1 Å². The molecule has 2 aromatic carbocycles. The van der Waals surface area contributed by atoms with Gasteiger partial charge in [-0.25, -0.2) is 0 Å². The maximum absolute atomic E-state index is 12.4. The Labute approximate surface area is 144 Å². The number of rotatable bonds is 3. The van der Waals surface area contributed by atoms with Crippen molar-refractivity contribution in [2.75, 3.05) is 13.2 Å². The highest BCUT2D eigenvalue weighted by Gasteiger charge is 2.36. The topological polar surface area (TPSA) is 75.7 Å². The minimum Gasteiger partial charge on any atom is -0.493 e. The second kappa shape index (κ2) is 6.05. The average molecular weight is 336 g/mol. The van der Waals surface area contributed by atoms with Crippen LogP contribution in [0.5, 0.6) is 5.75 Å². The van der Waals surface area contributed by atoms with E-state index in [1.165, 1.54) is 0 Å². The van der Waals surface area contributed by atoms with Gasteiger partial charge in [-0.1, -0.05) is 30.3 Å². The fourth-order valence-corrected chi connectivity index (χ4v) is 3.26. The maximum Gasteiger partial charge on any atom is 0.262 e. The number of nitrogens with zero attached hydrogens (tertiary/aromatic N) is 1. The molecule has 1 N–H and O–H groups in total. The number of ether oxygens (including phenoxy) is 1. The zero-order chi connectivity index (χ0) is 17.4. The van der Waals surface area contributed by atoms with Gasteiger partial charge >= 0.3 is 0 Å². The Kier molecular flexibility index (Phi) is 3.72. The van der Waals surface area contributed by atoms with Crippen LogP contribution in [0.4, 0.5) is 0 Å². The molecule has 1 unspecified atom stereocenters. The Balaban J connectivity index is 1.48. The highest BCUT2D eigenvalue weighted by atomic mass is 16.5. The Bertz CT molecular complexity index is 842. The van der Waals surface area contributed by atoms with Crippen LogP contribution in [0.25, 0.3) is 0 Å². The van der Waals surface area contributed by atoms with Crippen molar-refractivity contribution in [1.82, 2.24) is 10.2 Å². The molecule has 0 spiro atoms. The van der Waals surface area contributed by atoms with Crippen molar-refractivity contribution in [1.29, 1.82) is 0 Å². The number of carbonyl (C=O) groups is 3. The van der Waals surface area contributed by atoms with E-state index in [2.05, 4.69) is 5.32 Å². The van der Waals surface area contributed by atoms with Crippen molar-refractivity contribution >= 4 is 17.7 Å². The first-order valence-corrected chi connectivity index (χ1v) is 8.11. The predicted molar refractivity (Wildman–Crippen MR) is 89.2 cm³/mol. The summed E-state index contributed by atoms with van der Waals surface area (Å²) in [6, 6.07) is 13.9. The lowest BCUT2D eigenvalue weighted by molar-refractivity contribution is -0.122. The number of hydrogen-bond donors (Lipinski definition) is 1. The van der Waals surface area contributed by atoms with E-state index in [-0.39, 0.29) is 18.5 Å². The first-order chi connectivity index (χ1) is 12.1. The molecule has 0 saturated heterocycles. The van der Waals surface area contributed by atoms with Crippen LogP contribution in [0.2, 0.25) is 0 Å². The summed E-state index contributed by atoms with van der Waals surface area (Å²) < 4.78 is 5.58. The summed E-state index contributed by atoms with van der Waals surface area (Å²) in [5.74, 6) is -0.470. The molecule has 0 radical (unpaired) electrons. The van der Waals surface area contributed by atoms with E-state index in [9.17, 15) is 14.4 Å². The van der Waals surface area contributed by atoms with Crippen LogP contribution in [0.15, 0.2) is 48.5 Å². The quantitative estimate of drug-likeness (QED) is 0.869. The smallest absolute Gasteiger partial charge is 0.262 e. The van der Waals surface area contributed by atoms with E-state index >= 15 is 0 Å². The lowest BCUT2D eigenvalue weighted by Gasteiger charge is -2.27. The number of para-hydroxylation sites is 1. The minimum absolute atomic E-state index is 0.187. The largest absolute Gasteiger partial charge is 0.493 e. The molecular formula is C19H16N2O4. The SMILES string of the molecule is O=C(CN1C(=O)c2ccccc2C1=O)NC1CCOc2ccccc21. The zero-order valence-corrected chi connectivity index (χ0v) is 13.4. The summed E-state index contributed by atoms with van der Waals surface area (Å²) in [5.41, 5.74) is 1.60. The molecule has 25 heavy (non-hydrogen) atoms. The van der Waals surface area contributed by atoms with Crippen molar-refractivity contribution in [3.05, 3.63) is 65.2 Å². The van der Waals surface area contributed by atoms with Crippen LogP contribution in [-0.2, 0) is 4.79 Å². The minimum atomic E-state index is -0.428. The number of hydrogen-bond acceptors (Lipinski definition) is 4. The van der Waals surface area contributed by atoms with Crippen molar-refractivity contribution in [2.24, 2.45) is 0 Å². The summed E-state index contributed by atoms with van der Waals surface area (Å²) in [5, 5.41) is 2.90. The summed E-state index contributed by atoms with van der Waals surface area (Å²) >= 11 is 0. The molecule has 0 bridgehead atoms. The molecule has 2 aliphatic rings. The van der Waals surface area contributed by atoms with Gasteiger partial charge in [-0.3, -0.25) is 19.3 Å². The third-order valence-corrected chi connectivity index (χ3v) is 4.47. The molecule has 6 nitrogen and oxygen atoms in total. The van der Waals surface area contributed by atoms with Crippen molar-refractivity contribution in [3.63, 3.8) is 0 Å². The van der Waals surface area contributed by atoms with E-state index < -0.39 is 11.8 Å². The van der Waals surface area contributed by atoms with Crippen molar-refractivity contribution in [2.45, 2.75) is 12.5 Å². The van der Waals surface area contributed by atoms with Gasteiger partial charge in [0, 0.05) is 12.0 Å². The molecule has 0 fully saturated rings. The lowest BCUT2D eigenvalue weighted by atomic mass is 10.0. The summed E-state index contributed by atoms with van der Waals surface area (Å²) in [4.78, 5) is 38.1. The van der Waals surface area contributed by atoms with E-state index in [4.69, 9.17) is 4.74 Å². The average Bonchev–Trinajstić information content (AvgIpc) is 2.87. The maximum atomic E-state index is 12.4. The van der Waals surface area contributed by atoms with Crippen LogP contribution in [-0.4, -0.2) is 35.8 Å². The van der Waals surface area contributed by atoms with Gasteiger partial charge in [0.2, 0.25) is 5.91 Å². The fraction of sp³-hybridized carbons (Fsp3) is 0.211. The standard InChI is InChI=1S/C19H16N2O4/c22-17(20-15-9-10-25-16-8-4-3-7-14(15)16)11-21-18(23)12-5-1-2-6-13(12)19(21)24/h1-8,15H,9-11H2,(H,20,22). The first-order valence-electron chi connectivity index (χ1n) is 8.11. The van der Waals surface area contributed by atoms with Gasteiger partial charge < -0.3 is 10.1 Å². The Morgan fingerprint density at radius 2 is 1.68 bits per heavy atom. The number of fused-ring (bicyclic) bond motifs is 2. The van der Waals surface area contributed by atoms with E-state index in [0.29, 0.717) is 24.2 Å². The number of benzene rings is 2. The molecule has 1 atom stereocenters. The van der Waals surface area contributed by atoms with Crippen LogP contribution in [0.1, 0.15) is 38.7 Å². The van der Waals surface area contributed by atoms with E-state index in [1.807, 2.05) is 24.3 Å². The summed E-state index contributed by atoms with van der Waals surface area (Å²) in [6.07, 6.45) is 0.644. The van der Waals surface area contributed by atoms with Gasteiger partial charge in [0.25, 0.3) is 11.8 Å². The van der Waals surface area contributed by atoms with Gasteiger partial charge in [0.1, 0.15) is 12.3 Å². The Morgan fingerprint density at radius 3 is 2.40 bits per heavy atom. The number of nitrogens with one attached hydrogen (secondary N) is 1. The monoisotopic (exact) mass is 336 g/mol. The fourth-order valence-electron chi connectivity index (χ4n) is 3.26. The number of imide groups is 1. The van der Waals surface area contributed by atoms with Crippen LogP contribution in [0, 0.1) is 0 Å². The molecule has 0 saturated carbocycles. The normalized spacial score (nSPS) is 18.4. The molecule has 0 aromatic heterocycles. The summed E-state index contributed by atoms with van der Waals surface area (Å²) in [6.45, 7) is 0.223. The van der Waals surface area contributed by atoms with Crippen LogP contribution in [0.3, 0.4) is 0 Å². The third kappa shape index (κ3) is 2.65. The summed E-state index contributed by atoms with van der Waals surface area (Å²) in [7, 11) is 0. The second-order valence-corrected chi connectivity index (χ2v) is 6.04. The molecule has 0 aliphatic carbocycles. The molecular weight excluding hydrogens is 320 g/mol. The second-order valence-electron chi connectivity index (χ2n) is 6.04. The molecule has 2 heterocycles. The third-order valence-electron chi connectivity index (χ3n) is 4.47. The zero-order valence-electron chi connectivity index (χ0n) is 13.4. The Morgan fingerprint density at radius 1 is 1.04 bits per heavy atom. The molecule has 4 rings (SSSR count). The van der Waals surface area contributed by atoms with Gasteiger partial charge in [0.15, 0.2) is 0 Å². The van der Waals surface area contributed by atoms with Crippen LogP contribution >= 0.6 is 0 Å². The first kappa shape index (κ1) is 15.4. The van der Waals surface area contributed by atoms with Gasteiger partial charge in [0.05, 0.1) is 23.8 Å². The molecule has 126 valence electrons. The Hall–Kier alpha value is -3.15. The predicted octanol–water partition coefficient (Wildman–Crippen LogP) is 1.92. The molecule has 2 aliphatic heterocycles. The lowest BCUT2D eigenvalue weighted by Crippen LogP contribution is -2.42. The molecule has 2 aromatic rings. The highest BCUT2D eigenvalue weighted by molar-refractivity contribution is 6.22. The van der Waals surface area contributed by atoms with Crippen molar-refractivity contribution < 1.29 is 19.1 Å². The van der Waals surface area contributed by atoms with Gasteiger partial charge in [-0.2, -0.15) is 0 Å². The van der Waals surface area contributed by atoms with Gasteiger partial charge in [-0.05, 0) is 18.2 Å². The molecule has 3 amide bonds. The van der Waals surface area contributed by atoms with E-state index in [1.54, 1.807) is 24.3 Å². The van der Waals surface area contributed by atoms with Crippen molar-refractivity contribution in [3.8, 4) is 5.75 Å². The number of amides is 3. The van der Waals surface area contributed by atoms with E-state index in [0.717, 1.165) is 16.2 Å². The molecule has 6 heteroatoms.